The number of benzene rings is 2. The molecule has 0 spiro atoms. The first-order chi connectivity index (χ1) is 10.2. The summed E-state index contributed by atoms with van der Waals surface area (Å²) in [6.07, 6.45) is 2.09. The number of para-hydroxylation sites is 1. The Morgan fingerprint density at radius 2 is 2.00 bits per heavy atom. The molecule has 4 heteroatoms. The number of rotatable bonds is 4. The fourth-order valence-corrected chi connectivity index (χ4v) is 2.67. The van der Waals surface area contributed by atoms with Gasteiger partial charge in [0.15, 0.2) is 0 Å². The molecule has 0 saturated heterocycles. The van der Waals surface area contributed by atoms with Crippen LogP contribution in [0, 0.1) is 0 Å². The third-order valence-corrected chi connectivity index (χ3v) is 3.90. The number of aryl methyl sites for hydroxylation is 1. The Bertz CT molecular complexity index is 780. The monoisotopic (exact) mass is 300 g/mol. The molecule has 3 rings (SSSR count). The summed E-state index contributed by atoms with van der Waals surface area (Å²) in [6, 6.07) is 13.8. The van der Waals surface area contributed by atoms with E-state index in [1.165, 1.54) is 10.9 Å². The average Bonchev–Trinajstić information content (AvgIpc) is 2.82. The summed E-state index contributed by atoms with van der Waals surface area (Å²) >= 11 is 6.11. The molecule has 0 aliphatic rings. The van der Waals surface area contributed by atoms with Gasteiger partial charge in [0.1, 0.15) is 12.4 Å². The number of nitrogens with two attached hydrogens (primary N) is 1. The normalized spacial score (nSPS) is 11.0. The molecule has 3 nitrogen and oxygen atoms in total. The Labute approximate surface area is 128 Å². The van der Waals surface area contributed by atoms with E-state index in [0.717, 1.165) is 11.1 Å². The molecule has 0 saturated carbocycles. The lowest BCUT2D eigenvalue weighted by Gasteiger charge is -2.07. The molecule has 0 bridgehead atoms. The summed E-state index contributed by atoms with van der Waals surface area (Å²) < 4.78 is 7.94. The third-order valence-electron chi connectivity index (χ3n) is 3.59. The molecule has 0 atom stereocenters. The molecule has 0 aliphatic heterocycles. The molecule has 3 aromatic rings. The molecule has 0 unspecified atom stereocenters. The Morgan fingerprint density at radius 3 is 2.76 bits per heavy atom. The Morgan fingerprint density at radius 1 is 1.19 bits per heavy atom. The van der Waals surface area contributed by atoms with E-state index in [4.69, 9.17) is 22.1 Å². The van der Waals surface area contributed by atoms with Gasteiger partial charge in [-0.25, -0.2) is 0 Å². The maximum Gasteiger partial charge on any atom is 0.138 e. The average molecular weight is 301 g/mol. The molecule has 0 fully saturated rings. The minimum Gasteiger partial charge on any atom is -0.487 e. The molecular formula is C17H17ClN2O. The van der Waals surface area contributed by atoms with E-state index >= 15 is 0 Å². The van der Waals surface area contributed by atoms with Crippen molar-refractivity contribution in [3.8, 4) is 5.75 Å². The fourth-order valence-electron chi connectivity index (χ4n) is 2.48. The van der Waals surface area contributed by atoms with Gasteiger partial charge in [-0.2, -0.15) is 0 Å². The van der Waals surface area contributed by atoms with Crippen molar-refractivity contribution in [2.24, 2.45) is 12.8 Å². The second-order valence-electron chi connectivity index (χ2n) is 5.04. The van der Waals surface area contributed by atoms with Crippen LogP contribution >= 0.6 is 11.6 Å². The van der Waals surface area contributed by atoms with Crippen molar-refractivity contribution in [3.05, 3.63) is 64.8 Å². The molecule has 21 heavy (non-hydrogen) atoms. The van der Waals surface area contributed by atoms with Crippen LogP contribution in [0.25, 0.3) is 10.9 Å². The Kier molecular flexibility index (Phi) is 3.86. The van der Waals surface area contributed by atoms with E-state index in [9.17, 15) is 0 Å². The van der Waals surface area contributed by atoms with Gasteiger partial charge in [-0.3, -0.25) is 0 Å². The molecule has 2 N–H and O–H groups in total. The van der Waals surface area contributed by atoms with E-state index < -0.39 is 0 Å². The molecule has 1 aromatic heterocycles. The summed E-state index contributed by atoms with van der Waals surface area (Å²) in [7, 11) is 2.03. The highest BCUT2D eigenvalue weighted by Crippen LogP contribution is 2.27. The topological polar surface area (TPSA) is 40.2 Å². The molecule has 0 radical (unpaired) electrons. The standard InChI is InChI=1S/C17H17ClN2O/c1-20-10-13(11-21-17-5-3-2-4-15(17)18)14-8-12(9-19)6-7-16(14)20/h2-8,10H,9,11,19H2,1H3. The van der Waals surface area contributed by atoms with E-state index in [2.05, 4.69) is 29.0 Å². The quantitative estimate of drug-likeness (QED) is 0.794. The SMILES string of the molecule is Cn1cc(COc2ccccc2Cl)c2cc(CN)ccc21. The highest BCUT2D eigenvalue weighted by molar-refractivity contribution is 6.32. The van der Waals surface area contributed by atoms with E-state index in [-0.39, 0.29) is 0 Å². The van der Waals surface area contributed by atoms with Crippen LogP contribution in [-0.2, 0) is 20.2 Å². The first-order valence-corrected chi connectivity index (χ1v) is 7.21. The second kappa shape index (κ2) is 5.80. The third kappa shape index (κ3) is 2.75. The smallest absolute Gasteiger partial charge is 0.138 e. The molecular weight excluding hydrogens is 284 g/mol. The van der Waals surface area contributed by atoms with Crippen LogP contribution in [0.3, 0.4) is 0 Å². The predicted octanol–water partition coefficient (Wildman–Crippen LogP) is 3.87. The van der Waals surface area contributed by atoms with Crippen molar-refractivity contribution in [3.63, 3.8) is 0 Å². The zero-order chi connectivity index (χ0) is 14.8. The van der Waals surface area contributed by atoms with Gasteiger partial charge in [0, 0.05) is 36.3 Å². The highest BCUT2D eigenvalue weighted by Gasteiger charge is 2.09. The van der Waals surface area contributed by atoms with Gasteiger partial charge < -0.3 is 15.0 Å². The van der Waals surface area contributed by atoms with Gasteiger partial charge >= 0.3 is 0 Å². The van der Waals surface area contributed by atoms with Crippen molar-refractivity contribution < 1.29 is 4.74 Å². The first kappa shape index (κ1) is 14.0. The number of hydrogen-bond donors (Lipinski definition) is 1. The number of hydrogen-bond acceptors (Lipinski definition) is 2. The zero-order valence-electron chi connectivity index (χ0n) is 11.8. The van der Waals surface area contributed by atoms with Crippen molar-refractivity contribution >= 4 is 22.5 Å². The molecule has 2 aromatic carbocycles. The molecule has 0 aliphatic carbocycles. The van der Waals surface area contributed by atoms with E-state index in [1.54, 1.807) is 0 Å². The Balaban J connectivity index is 1.92. The van der Waals surface area contributed by atoms with Crippen molar-refractivity contribution in [1.29, 1.82) is 0 Å². The maximum atomic E-state index is 6.11. The highest BCUT2D eigenvalue weighted by atomic mass is 35.5. The molecule has 1 heterocycles. The minimum absolute atomic E-state index is 0.481. The molecule has 0 amide bonds. The summed E-state index contributed by atoms with van der Waals surface area (Å²) in [6.45, 7) is 1.02. The van der Waals surface area contributed by atoms with Gasteiger partial charge in [0.05, 0.1) is 5.02 Å². The second-order valence-corrected chi connectivity index (χ2v) is 5.45. The molecule has 108 valence electrons. The minimum atomic E-state index is 0.481. The van der Waals surface area contributed by atoms with Crippen LogP contribution in [0.4, 0.5) is 0 Å². The van der Waals surface area contributed by atoms with Crippen LogP contribution in [0.15, 0.2) is 48.7 Å². The summed E-state index contributed by atoms with van der Waals surface area (Å²) in [4.78, 5) is 0. The van der Waals surface area contributed by atoms with Crippen LogP contribution < -0.4 is 10.5 Å². The fraction of sp³-hybridized carbons (Fsp3) is 0.176. The van der Waals surface area contributed by atoms with E-state index in [0.29, 0.717) is 23.9 Å². The summed E-state index contributed by atoms with van der Waals surface area (Å²) in [5.74, 6) is 0.700. The number of halogens is 1. The number of ether oxygens (including phenoxy) is 1. The van der Waals surface area contributed by atoms with Gasteiger partial charge in [0.2, 0.25) is 0 Å². The first-order valence-electron chi connectivity index (χ1n) is 6.83. The largest absolute Gasteiger partial charge is 0.487 e. The lowest BCUT2D eigenvalue weighted by molar-refractivity contribution is 0.307. The van der Waals surface area contributed by atoms with Crippen molar-refractivity contribution in [2.45, 2.75) is 13.2 Å². The number of aromatic nitrogens is 1. The van der Waals surface area contributed by atoms with Crippen molar-refractivity contribution in [2.75, 3.05) is 0 Å². The van der Waals surface area contributed by atoms with E-state index in [1.807, 2.05) is 31.3 Å². The van der Waals surface area contributed by atoms with Gasteiger partial charge in [-0.15, -0.1) is 0 Å². The van der Waals surface area contributed by atoms with Gasteiger partial charge in [-0.05, 0) is 29.8 Å². The number of nitrogens with zero attached hydrogens (tertiary/aromatic N) is 1. The van der Waals surface area contributed by atoms with Crippen LogP contribution in [0.2, 0.25) is 5.02 Å². The maximum absolute atomic E-state index is 6.11. The summed E-state index contributed by atoms with van der Waals surface area (Å²) in [5.41, 5.74) is 9.14. The summed E-state index contributed by atoms with van der Waals surface area (Å²) in [5, 5.41) is 1.80. The van der Waals surface area contributed by atoms with Crippen LogP contribution in [0.1, 0.15) is 11.1 Å². The van der Waals surface area contributed by atoms with Crippen LogP contribution in [0.5, 0.6) is 5.75 Å². The van der Waals surface area contributed by atoms with Crippen molar-refractivity contribution in [1.82, 2.24) is 4.57 Å². The number of fused-ring (bicyclic) bond motifs is 1. The lowest BCUT2D eigenvalue weighted by atomic mass is 10.1. The van der Waals surface area contributed by atoms with Gasteiger partial charge in [-0.1, -0.05) is 29.8 Å². The lowest BCUT2D eigenvalue weighted by Crippen LogP contribution is -1.97. The predicted molar refractivity (Wildman–Crippen MR) is 86.6 cm³/mol. The van der Waals surface area contributed by atoms with Gasteiger partial charge in [0.25, 0.3) is 0 Å². The Hall–Kier alpha value is -1.97. The zero-order valence-corrected chi connectivity index (χ0v) is 12.6. The van der Waals surface area contributed by atoms with Crippen LogP contribution in [-0.4, -0.2) is 4.57 Å².